The van der Waals surface area contributed by atoms with Crippen molar-refractivity contribution >= 4 is 30.0 Å². The summed E-state index contributed by atoms with van der Waals surface area (Å²) in [5, 5.41) is 17.2. The number of guanidine groups is 1. The van der Waals surface area contributed by atoms with E-state index in [4.69, 9.17) is 4.42 Å². The van der Waals surface area contributed by atoms with E-state index in [-0.39, 0.29) is 11.7 Å². The summed E-state index contributed by atoms with van der Waals surface area (Å²) in [6.45, 7) is 0. The molecule has 3 amide bonds. The van der Waals surface area contributed by atoms with Crippen LogP contribution in [0.4, 0.5) is 10.7 Å². The van der Waals surface area contributed by atoms with Crippen molar-refractivity contribution in [2.45, 2.75) is 12.2 Å². The van der Waals surface area contributed by atoms with E-state index in [0.29, 0.717) is 0 Å². The van der Waals surface area contributed by atoms with Crippen molar-refractivity contribution in [1.82, 2.24) is 20.5 Å². The van der Waals surface area contributed by atoms with Crippen LogP contribution in [0.5, 0.6) is 0 Å². The predicted molar refractivity (Wildman–Crippen MR) is 80.2 cm³/mol. The Morgan fingerprint density at radius 1 is 1.46 bits per heavy atom. The molecule has 1 fully saturated rings. The Hall–Kier alpha value is -3.44. The molecule has 12 nitrogen and oxygen atoms in total. The fourth-order valence-electron chi connectivity index (χ4n) is 2.35. The van der Waals surface area contributed by atoms with Crippen LogP contribution in [-0.4, -0.2) is 65.1 Å². The van der Waals surface area contributed by atoms with Crippen LogP contribution in [0.3, 0.4) is 0 Å². The first-order chi connectivity index (χ1) is 11.4. The summed E-state index contributed by atoms with van der Waals surface area (Å²) in [7, 11) is 2.94. The Balaban J connectivity index is 1.66. The highest BCUT2D eigenvalue weighted by atomic mass is 16.6. The van der Waals surface area contributed by atoms with Gasteiger partial charge in [0.2, 0.25) is 5.96 Å². The number of likely N-dealkylation sites (N-methyl/N-ethyl adjacent to an activating group) is 2. The van der Waals surface area contributed by atoms with Gasteiger partial charge in [-0.2, -0.15) is 5.10 Å². The van der Waals surface area contributed by atoms with Crippen LogP contribution in [0, 0.1) is 10.1 Å². The molecule has 2 atom stereocenters. The Kier molecular flexibility index (Phi) is 3.63. The highest BCUT2D eigenvalue weighted by Gasteiger charge is 2.46. The van der Waals surface area contributed by atoms with Gasteiger partial charge < -0.3 is 14.6 Å². The molecule has 24 heavy (non-hydrogen) atoms. The lowest BCUT2D eigenvalue weighted by Gasteiger charge is -2.36. The van der Waals surface area contributed by atoms with Gasteiger partial charge in [-0.05, 0) is 6.07 Å². The van der Waals surface area contributed by atoms with Crippen LogP contribution in [0.2, 0.25) is 0 Å². The van der Waals surface area contributed by atoms with E-state index in [2.05, 4.69) is 20.8 Å². The van der Waals surface area contributed by atoms with Gasteiger partial charge in [0.05, 0.1) is 12.3 Å². The predicted octanol–water partition coefficient (Wildman–Crippen LogP) is -0.711. The fourth-order valence-corrected chi connectivity index (χ4v) is 2.35. The molecular formula is C12H13N7O5. The number of nitrogens with one attached hydrogen (secondary N) is 2. The van der Waals surface area contributed by atoms with Gasteiger partial charge in [0.1, 0.15) is 11.0 Å². The summed E-state index contributed by atoms with van der Waals surface area (Å²) < 4.78 is 4.90. The standard InChI is InChI=1S/C12H13N7O5/c1-17-9-8(10(20)18(2)12(17)21)14-11(15-9)16-13-5-6-3-4-7(24-6)19(22)23/h3-5,8-9H,1-2H3,(H2,14,15,16)/b13-5-/t8-,9-/m0/s1. The number of furan rings is 1. The molecule has 1 saturated heterocycles. The number of amides is 3. The molecule has 126 valence electrons. The number of aliphatic imine (C=N–C) groups is 1. The highest BCUT2D eigenvalue weighted by Crippen LogP contribution is 2.19. The summed E-state index contributed by atoms with van der Waals surface area (Å²) in [5.41, 5.74) is 2.57. The number of fused-ring (bicyclic) bond motifs is 1. The zero-order chi connectivity index (χ0) is 17.4. The summed E-state index contributed by atoms with van der Waals surface area (Å²) in [6.07, 6.45) is 0.561. The van der Waals surface area contributed by atoms with Gasteiger partial charge in [-0.15, -0.1) is 0 Å². The Morgan fingerprint density at radius 2 is 2.21 bits per heavy atom. The number of carbonyl (C=O) groups excluding carboxylic acids is 2. The number of rotatable bonds is 3. The van der Waals surface area contributed by atoms with E-state index in [9.17, 15) is 19.7 Å². The van der Waals surface area contributed by atoms with Gasteiger partial charge in [0.15, 0.2) is 11.9 Å². The van der Waals surface area contributed by atoms with Gasteiger partial charge in [0.25, 0.3) is 5.91 Å². The van der Waals surface area contributed by atoms with Crippen LogP contribution in [0.25, 0.3) is 0 Å². The van der Waals surface area contributed by atoms with Crippen molar-refractivity contribution in [2.24, 2.45) is 10.1 Å². The summed E-state index contributed by atoms with van der Waals surface area (Å²) in [4.78, 5) is 40.3. The molecule has 0 saturated carbocycles. The third-order valence-corrected chi connectivity index (χ3v) is 3.59. The number of hydrogen-bond acceptors (Lipinski definition) is 9. The van der Waals surface area contributed by atoms with Crippen molar-refractivity contribution in [3.63, 3.8) is 0 Å². The second kappa shape index (κ2) is 5.64. The maximum Gasteiger partial charge on any atom is 0.433 e. The zero-order valence-electron chi connectivity index (χ0n) is 12.7. The number of nitrogens with zero attached hydrogens (tertiary/aromatic N) is 5. The maximum absolute atomic E-state index is 12.1. The fraction of sp³-hybridized carbons (Fsp3) is 0.333. The average Bonchev–Trinajstić information content (AvgIpc) is 3.18. The summed E-state index contributed by atoms with van der Waals surface area (Å²) in [5.74, 6) is -0.416. The lowest BCUT2D eigenvalue weighted by atomic mass is 10.1. The highest BCUT2D eigenvalue weighted by molar-refractivity contribution is 6.03. The van der Waals surface area contributed by atoms with Crippen molar-refractivity contribution in [3.8, 4) is 0 Å². The van der Waals surface area contributed by atoms with Gasteiger partial charge in [0, 0.05) is 14.1 Å². The minimum atomic E-state index is -0.694. The van der Waals surface area contributed by atoms with Crippen molar-refractivity contribution in [2.75, 3.05) is 14.1 Å². The molecule has 0 bridgehead atoms. The summed E-state index contributed by atoms with van der Waals surface area (Å²) in [6, 6.07) is 1.45. The lowest BCUT2D eigenvalue weighted by molar-refractivity contribution is -0.402. The quantitative estimate of drug-likeness (QED) is 0.421. The molecule has 1 aromatic rings. The molecule has 2 N–H and O–H groups in total. The Morgan fingerprint density at radius 3 is 2.88 bits per heavy atom. The van der Waals surface area contributed by atoms with E-state index < -0.39 is 35.0 Å². The molecule has 2 aliphatic rings. The molecule has 0 aromatic carbocycles. The molecule has 0 unspecified atom stereocenters. The van der Waals surface area contributed by atoms with Gasteiger partial charge in [-0.3, -0.25) is 19.8 Å². The molecule has 1 aromatic heterocycles. The van der Waals surface area contributed by atoms with Crippen LogP contribution in [0.15, 0.2) is 26.6 Å². The smallest absolute Gasteiger partial charge is 0.400 e. The van der Waals surface area contributed by atoms with E-state index in [0.717, 1.165) is 4.90 Å². The number of imide groups is 1. The van der Waals surface area contributed by atoms with Crippen LogP contribution in [0.1, 0.15) is 5.76 Å². The van der Waals surface area contributed by atoms with Crippen molar-refractivity contribution < 1.29 is 18.9 Å². The topological polar surface area (TPSA) is 146 Å². The largest absolute Gasteiger partial charge is 0.433 e. The number of urea groups is 1. The number of carbonyl (C=O) groups is 2. The first-order valence-corrected chi connectivity index (χ1v) is 6.80. The van der Waals surface area contributed by atoms with Crippen LogP contribution >= 0.6 is 0 Å². The van der Waals surface area contributed by atoms with Gasteiger partial charge in [-0.1, -0.05) is 0 Å². The number of hydrogen-bond donors (Lipinski definition) is 2. The maximum atomic E-state index is 12.1. The van der Waals surface area contributed by atoms with Crippen molar-refractivity contribution in [3.05, 3.63) is 28.0 Å². The first kappa shape index (κ1) is 15.5. The van der Waals surface area contributed by atoms with Gasteiger partial charge >= 0.3 is 11.9 Å². The van der Waals surface area contributed by atoms with Crippen molar-refractivity contribution in [1.29, 1.82) is 0 Å². The number of nitro groups is 1. The monoisotopic (exact) mass is 335 g/mol. The molecule has 3 heterocycles. The number of hydrazone groups is 1. The van der Waals surface area contributed by atoms with E-state index in [1.165, 1.54) is 30.3 Å². The molecular weight excluding hydrogens is 322 g/mol. The molecule has 0 spiro atoms. The van der Waals surface area contributed by atoms with E-state index in [1.807, 2.05) is 0 Å². The molecule has 0 aliphatic carbocycles. The van der Waals surface area contributed by atoms with E-state index in [1.54, 1.807) is 7.05 Å². The van der Waals surface area contributed by atoms with Crippen LogP contribution in [-0.2, 0) is 4.79 Å². The average molecular weight is 335 g/mol. The zero-order valence-corrected chi connectivity index (χ0v) is 12.7. The third kappa shape index (κ3) is 2.53. The minimum absolute atomic E-state index is 0.174. The second-order valence-electron chi connectivity index (χ2n) is 5.11. The second-order valence-corrected chi connectivity index (χ2v) is 5.11. The van der Waals surface area contributed by atoms with E-state index >= 15 is 0 Å². The Labute approximate surface area is 134 Å². The van der Waals surface area contributed by atoms with Gasteiger partial charge in [-0.25, -0.2) is 15.2 Å². The lowest BCUT2D eigenvalue weighted by Crippen LogP contribution is -2.63. The molecule has 2 aliphatic heterocycles. The normalized spacial score (nSPS) is 23.3. The molecule has 12 heteroatoms. The molecule has 0 radical (unpaired) electrons. The Bertz CT molecular complexity index is 770. The minimum Gasteiger partial charge on any atom is -0.400 e. The van der Waals surface area contributed by atoms with Crippen LogP contribution < -0.4 is 10.7 Å². The SMILES string of the molecule is CN1C(=O)[C@H]2NC(N/N=C\c3ccc([N+](=O)[O-])o3)=N[C@H]2N(C)C1=O. The summed E-state index contributed by atoms with van der Waals surface area (Å²) >= 11 is 0. The molecule has 3 rings (SSSR count). The third-order valence-electron chi connectivity index (χ3n) is 3.59. The first-order valence-electron chi connectivity index (χ1n) is 6.80.